The van der Waals surface area contributed by atoms with Gasteiger partial charge in [0.25, 0.3) is 0 Å². The van der Waals surface area contributed by atoms with Crippen molar-refractivity contribution in [1.82, 2.24) is 25.0 Å². The lowest BCUT2D eigenvalue weighted by molar-refractivity contribution is -0.123. The van der Waals surface area contributed by atoms with Crippen molar-refractivity contribution in [3.8, 4) is 0 Å². The molecule has 1 amide bonds. The molecular weight excluding hydrogens is 294 g/mol. The fourth-order valence-electron chi connectivity index (χ4n) is 3.54. The summed E-state index contributed by atoms with van der Waals surface area (Å²) < 4.78 is 7.30. The minimum absolute atomic E-state index is 0.135. The van der Waals surface area contributed by atoms with E-state index in [4.69, 9.17) is 4.74 Å². The molecule has 0 unspecified atom stereocenters. The molecule has 1 N–H and O–H groups in total. The van der Waals surface area contributed by atoms with E-state index in [0.29, 0.717) is 12.6 Å². The minimum Gasteiger partial charge on any atom is -0.381 e. The van der Waals surface area contributed by atoms with Crippen LogP contribution in [0, 0.1) is 13.8 Å². The standard InChI is InChI=1S/C16H27N5O2/c1-12-17-13(2)21(19-12)10-15-4-3-7-20(15)11-16(22)18-14-5-8-23-9-6-14/h14-15H,3-11H2,1-2H3,(H,18,22)/t15-/m1/s1. The number of aryl methyl sites for hydroxylation is 2. The molecule has 3 rings (SSSR count). The Labute approximate surface area is 137 Å². The van der Waals surface area contributed by atoms with E-state index in [-0.39, 0.29) is 11.9 Å². The van der Waals surface area contributed by atoms with Crippen molar-refractivity contribution in [2.75, 3.05) is 26.3 Å². The summed E-state index contributed by atoms with van der Waals surface area (Å²) >= 11 is 0. The summed E-state index contributed by atoms with van der Waals surface area (Å²) in [6, 6.07) is 0.646. The van der Waals surface area contributed by atoms with E-state index in [1.807, 2.05) is 18.5 Å². The van der Waals surface area contributed by atoms with E-state index < -0.39 is 0 Å². The van der Waals surface area contributed by atoms with Crippen LogP contribution < -0.4 is 5.32 Å². The monoisotopic (exact) mass is 321 g/mol. The maximum absolute atomic E-state index is 12.3. The Hall–Kier alpha value is -1.47. The number of rotatable bonds is 5. The van der Waals surface area contributed by atoms with E-state index >= 15 is 0 Å². The highest BCUT2D eigenvalue weighted by Gasteiger charge is 2.28. The fourth-order valence-corrected chi connectivity index (χ4v) is 3.54. The highest BCUT2D eigenvalue weighted by molar-refractivity contribution is 5.78. The maximum atomic E-state index is 12.3. The van der Waals surface area contributed by atoms with Crippen LogP contribution in [0.2, 0.25) is 0 Å². The van der Waals surface area contributed by atoms with Crippen LogP contribution in [0.1, 0.15) is 37.3 Å². The number of likely N-dealkylation sites (tertiary alicyclic amines) is 1. The first-order valence-electron chi connectivity index (χ1n) is 8.61. The van der Waals surface area contributed by atoms with Gasteiger partial charge in [-0.1, -0.05) is 0 Å². The number of nitrogens with zero attached hydrogens (tertiary/aromatic N) is 4. The zero-order valence-corrected chi connectivity index (χ0v) is 14.1. The molecule has 1 aromatic rings. The van der Waals surface area contributed by atoms with Crippen LogP contribution in [-0.2, 0) is 16.1 Å². The van der Waals surface area contributed by atoms with Crippen molar-refractivity contribution < 1.29 is 9.53 Å². The van der Waals surface area contributed by atoms with Crippen molar-refractivity contribution in [1.29, 1.82) is 0 Å². The van der Waals surface area contributed by atoms with E-state index in [0.717, 1.165) is 63.6 Å². The highest BCUT2D eigenvalue weighted by atomic mass is 16.5. The topological polar surface area (TPSA) is 72.3 Å². The Bertz CT molecular complexity index is 539. The lowest BCUT2D eigenvalue weighted by Gasteiger charge is -2.27. The smallest absolute Gasteiger partial charge is 0.234 e. The third kappa shape index (κ3) is 4.29. The predicted octanol–water partition coefficient (Wildman–Crippen LogP) is 0.655. The van der Waals surface area contributed by atoms with E-state index in [1.54, 1.807) is 0 Å². The summed E-state index contributed by atoms with van der Waals surface area (Å²) in [5.74, 6) is 1.89. The van der Waals surface area contributed by atoms with Crippen LogP contribution in [-0.4, -0.2) is 64.0 Å². The molecule has 0 bridgehead atoms. The first-order chi connectivity index (χ1) is 11.1. The number of carbonyl (C=O) groups is 1. The summed E-state index contributed by atoms with van der Waals surface area (Å²) in [7, 11) is 0. The van der Waals surface area contributed by atoms with Gasteiger partial charge in [-0.3, -0.25) is 9.69 Å². The van der Waals surface area contributed by atoms with Gasteiger partial charge >= 0.3 is 0 Å². The zero-order chi connectivity index (χ0) is 16.2. The molecule has 0 aromatic carbocycles. The number of aromatic nitrogens is 3. The third-order valence-electron chi connectivity index (χ3n) is 4.78. The predicted molar refractivity (Wildman–Crippen MR) is 86.1 cm³/mol. The molecule has 2 aliphatic heterocycles. The van der Waals surface area contributed by atoms with E-state index in [9.17, 15) is 4.79 Å². The summed E-state index contributed by atoms with van der Waals surface area (Å²) in [5, 5.41) is 7.60. The third-order valence-corrected chi connectivity index (χ3v) is 4.78. The van der Waals surface area contributed by atoms with Gasteiger partial charge in [0.05, 0.1) is 13.1 Å². The average Bonchev–Trinajstić information content (AvgIpc) is 3.07. The van der Waals surface area contributed by atoms with Gasteiger partial charge in [-0.05, 0) is 46.1 Å². The van der Waals surface area contributed by atoms with Crippen LogP contribution in [0.25, 0.3) is 0 Å². The van der Waals surface area contributed by atoms with E-state index in [1.165, 1.54) is 0 Å². The quantitative estimate of drug-likeness (QED) is 0.862. The average molecular weight is 321 g/mol. The molecule has 23 heavy (non-hydrogen) atoms. The van der Waals surface area contributed by atoms with Crippen LogP contribution in [0.15, 0.2) is 0 Å². The summed E-state index contributed by atoms with van der Waals surface area (Å²) in [6.45, 7) is 7.68. The molecule has 1 aromatic heterocycles. The maximum Gasteiger partial charge on any atom is 0.234 e. The second-order valence-electron chi connectivity index (χ2n) is 6.61. The SMILES string of the molecule is Cc1nc(C)n(C[C@H]2CCCN2CC(=O)NC2CCOCC2)n1. The number of ether oxygens (including phenoxy) is 1. The lowest BCUT2D eigenvalue weighted by Crippen LogP contribution is -2.46. The molecule has 0 radical (unpaired) electrons. The molecule has 2 fully saturated rings. The molecular formula is C16H27N5O2. The normalized spacial score (nSPS) is 23.3. The molecule has 0 spiro atoms. The number of amides is 1. The molecule has 1 atom stereocenters. The molecule has 128 valence electrons. The summed E-state index contributed by atoms with van der Waals surface area (Å²) in [5.41, 5.74) is 0. The molecule has 7 heteroatoms. The fraction of sp³-hybridized carbons (Fsp3) is 0.812. The minimum atomic E-state index is 0.135. The second kappa shape index (κ2) is 7.40. The molecule has 0 saturated carbocycles. The Morgan fingerprint density at radius 1 is 1.30 bits per heavy atom. The lowest BCUT2D eigenvalue weighted by atomic mass is 10.1. The first kappa shape index (κ1) is 16.4. The van der Waals surface area contributed by atoms with Gasteiger partial charge < -0.3 is 10.1 Å². The van der Waals surface area contributed by atoms with Gasteiger partial charge in [0.2, 0.25) is 5.91 Å². The number of nitrogens with one attached hydrogen (secondary N) is 1. The number of carbonyl (C=O) groups excluding carboxylic acids is 1. The van der Waals surface area contributed by atoms with Crippen LogP contribution >= 0.6 is 0 Å². The van der Waals surface area contributed by atoms with Crippen LogP contribution in [0.5, 0.6) is 0 Å². The van der Waals surface area contributed by atoms with Crippen molar-refractivity contribution in [3.05, 3.63) is 11.6 Å². The van der Waals surface area contributed by atoms with Gasteiger partial charge in [-0.15, -0.1) is 0 Å². The molecule has 2 aliphatic rings. The van der Waals surface area contributed by atoms with Gasteiger partial charge in [-0.25, -0.2) is 9.67 Å². The van der Waals surface area contributed by atoms with Crippen molar-refractivity contribution in [2.45, 2.75) is 58.2 Å². The van der Waals surface area contributed by atoms with E-state index in [2.05, 4.69) is 20.3 Å². The second-order valence-corrected chi connectivity index (χ2v) is 6.61. The highest BCUT2D eigenvalue weighted by Crippen LogP contribution is 2.19. The van der Waals surface area contributed by atoms with Crippen molar-refractivity contribution >= 4 is 5.91 Å². The van der Waals surface area contributed by atoms with Crippen molar-refractivity contribution in [3.63, 3.8) is 0 Å². The molecule has 0 aliphatic carbocycles. The van der Waals surface area contributed by atoms with Gasteiger partial charge in [0.15, 0.2) is 0 Å². The van der Waals surface area contributed by atoms with Gasteiger partial charge in [0.1, 0.15) is 11.6 Å². The molecule has 3 heterocycles. The molecule has 2 saturated heterocycles. The molecule has 7 nitrogen and oxygen atoms in total. The zero-order valence-electron chi connectivity index (χ0n) is 14.1. The Kier molecular flexibility index (Phi) is 5.27. The Balaban J connectivity index is 1.52. The van der Waals surface area contributed by atoms with Gasteiger partial charge in [0, 0.05) is 25.3 Å². The Morgan fingerprint density at radius 3 is 2.78 bits per heavy atom. The number of hydrogen-bond donors (Lipinski definition) is 1. The summed E-state index contributed by atoms with van der Waals surface area (Å²) in [6.07, 6.45) is 4.10. The summed E-state index contributed by atoms with van der Waals surface area (Å²) in [4.78, 5) is 18.9. The van der Waals surface area contributed by atoms with Crippen LogP contribution in [0.4, 0.5) is 0 Å². The largest absolute Gasteiger partial charge is 0.381 e. The Morgan fingerprint density at radius 2 is 2.09 bits per heavy atom. The number of hydrogen-bond acceptors (Lipinski definition) is 5. The first-order valence-corrected chi connectivity index (χ1v) is 8.61. The van der Waals surface area contributed by atoms with Crippen molar-refractivity contribution in [2.24, 2.45) is 0 Å². The van der Waals surface area contributed by atoms with Gasteiger partial charge in [-0.2, -0.15) is 5.10 Å². The van der Waals surface area contributed by atoms with Crippen LogP contribution in [0.3, 0.4) is 0 Å².